The van der Waals surface area contributed by atoms with E-state index in [0.717, 1.165) is 55.1 Å². The quantitative estimate of drug-likeness (QED) is 0.638. The summed E-state index contributed by atoms with van der Waals surface area (Å²) in [4.78, 5) is 21.5. The van der Waals surface area contributed by atoms with Gasteiger partial charge in [0, 0.05) is 23.8 Å². The highest BCUT2D eigenvalue weighted by molar-refractivity contribution is 5.79. The van der Waals surface area contributed by atoms with Crippen LogP contribution in [0.5, 0.6) is 0 Å². The molecule has 3 aliphatic rings. The molecule has 5 N–H and O–H groups in total. The maximum atomic E-state index is 12.1. The summed E-state index contributed by atoms with van der Waals surface area (Å²) >= 11 is 0. The SMILES string of the molecule is Cc1cccc(Nc2nc3c(c(NC4C5CCC(C5)C4C(N)=O)n2)CCN3)c1. The lowest BCUT2D eigenvalue weighted by atomic mass is 9.84. The summed E-state index contributed by atoms with van der Waals surface area (Å²) in [7, 11) is 0. The Morgan fingerprint density at radius 3 is 2.93 bits per heavy atom. The zero-order valence-corrected chi connectivity index (χ0v) is 16.0. The van der Waals surface area contributed by atoms with Crippen molar-refractivity contribution in [1.82, 2.24) is 9.97 Å². The first kappa shape index (κ1) is 17.3. The van der Waals surface area contributed by atoms with Gasteiger partial charge in [0.15, 0.2) is 0 Å². The van der Waals surface area contributed by atoms with Gasteiger partial charge < -0.3 is 21.7 Å². The molecule has 7 nitrogen and oxygen atoms in total. The summed E-state index contributed by atoms with van der Waals surface area (Å²) in [6, 6.07) is 8.21. The summed E-state index contributed by atoms with van der Waals surface area (Å²) in [6.45, 7) is 2.91. The molecule has 7 heteroatoms. The Kier molecular flexibility index (Phi) is 4.10. The zero-order chi connectivity index (χ0) is 19.3. The fourth-order valence-electron chi connectivity index (χ4n) is 5.27. The number of aryl methyl sites for hydroxylation is 1. The number of fused-ring (bicyclic) bond motifs is 3. The number of benzene rings is 1. The first-order valence-electron chi connectivity index (χ1n) is 10.1. The van der Waals surface area contributed by atoms with Gasteiger partial charge in [-0.15, -0.1) is 0 Å². The van der Waals surface area contributed by atoms with Gasteiger partial charge in [-0.3, -0.25) is 4.79 Å². The Labute approximate surface area is 164 Å². The summed E-state index contributed by atoms with van der Waals surface area (Å²) in [5.41, 5.74) is 8.98. The molecule has 1 aromatic heterocycles. The molecule has 4 atom stereocenters. The lowest BCUT2D eigenvalue weighted by Gasteiger charge is -2.30. The van der Waals surface area contributed by atoms with E-state index in [9.17, 15) is 4.79 Å². The number of rotatable bonds is 5. The summed E-state index contributed by atoms with van der Waals surface area (Å²) in [5.74, 6) is 2.87. The number of nitrogens with two attached hydrogens (primary N) is 1. The van der Waals surface area contributed by atoms with Crippen LogP contribution in [0, 0.1) is 24.7 Å². The summed E-state index contributed by atoms with van der Waals surface area (Å²) in [5, 5.41) is 10.3. The number of nitrogens with one attached hydrogen (secondary N) is 3. The first-order valence-corrected chi connectivity index (χ1v) is 10.1. The molecule has 1 aromatic carbocycles. The number of aromatic nitrogens is 2. The fraction of sp³-hybridized carbons (Fsp3) is 0.476. The predicted molar refractivity (Wildman–Crippen MR) is 110 cm³/mol. The Morgan fingerprint density at radius 2 is 2.11 bits per heavy atom. The van der Waals surface area contributed by atoms with Gasteiger partial charge in [0.05, 0.1) is 5.92 Å². The Hall–Kier alpha value is -2.83. The Bertz CT molecular complexity index is 929. The molecule has 2 saturated carbocycles. The highest BCUT2D eigenvalue weighted by Gasteiger charge is 2.50. The molecule has 1 amide bonds. The molecule has 2 fully saturated rings. The van der Waals surface area contributed by atoms with Crippen molar-refractivity contribution in [3.05, 3.63) is 35.4 Å². The number of carbonyl (C=O) groups is 1. The molecule has 2 aliphatic carbocycles. The van der Waals surface area contributed by atoms with Crippen LogP contribution in [0.15, 0.2) is 24.3 Å². The van der Waals surface area contributed by atoms with Crippen molar-refractivity contribution < 1.29 is 4.79 Å². The van der Waals surface area contributed by atoms with E-state index in [0.29, 0.717) is 17.8 Å². The molecular weight excluding hydrogens is 352 g/mol. The summed E-state index contributed by atoms with van der Waals surface area (Å²) < 4.78 is 0. The third kappa shape index (κ3) is 2.95. The van der Waals surface area contributed by atoms with Crippen molar-refractivity contribution in [3.63, 3.8) is 0 Å². The van der Waals surface area contributed by atoms with Crippen LogP contribution >= 0.6 is 0 Å². The van der Waals surface area contributed by atoms with Crippen molar-refractivity contribution >= 4 is 29.2 Å². The van der Waals surface area contributed by atoms with Crippen molar-refractivity contribution in [1.29, 1.82) is 0 Å². The smallest absolute Gasteiger partial charge is 0.231 e. The number of primary amides is 1. The molecule has 4 unspecified atom stereocenters. The van der Waals surface area contributed by atoms with Crippen LogP contribution < -0.4 is 21.7 Å². The molecule has 2 heterocycles. The molecule has 0 radical (unpaired) electrons. The van der Waals surface area contributed by atoms with Crippen LogP contribution in [0.3, 0.4) is 0 Å². The molecule has 2 bridgehead atoms. The molecule has 28 heavy (non-hydrogen) atoms. The molecule has 146 valence electrons. The largest absolute Gasteiger partial charge is 0.369 e. The minimum Gasteiger partial charge on any atom is -0.369 e. The highest BCUT2D eigenvalue weighted by atomic mass is 16.1. The second-order valence-corrected chi connectivity index (χ2v) is 8.33. The van der Waals surface area contributed by atoms with Crippen LogP contribution in [0.4, 0.5) is 23.3 Å². The van der Waals surface area contributed by atoms with Gasteiger partial charge in [-0.1, -0.05) is 12.1 Å². The maximum Gasteiger partial charge on any atom is 0.231 e. The van der Waals surface area contributed by atoms with E-state index in [2.05, 4.69) is 40.0 Å². The lowest BCUT2D eigenvalue weighted by Crippen LogP contribution is -2.42. The van der Waals surface area contributed by atoms with E-state index in [4.69, 9.17) is 10.7 Å². The molecule has 0 spiro atoms. The van der Waals surface area contributed by atoms with Gasteiger partial charge in [-0.05, 0) is 62.1 Å². The maximum absolute atomic E-state index is 12.1. The van der Waals surface area contributed by atoms with Crippen LogP contribution in [-0.2, 0) is 11.2 Å². The van der Waals surface area contributed by atoms with Crippen LogP contribution in [0.1, 0.15) is 30.4 Å². The van der Waals surface area contributed by atoms with Gasteiger partial charge in [-0.25, -0.2) is 0 Å². The minimum absolute atomic E-state index is 0.0719. The zero-order valence-electron chi connectivity index (χ0n) is 16.0. The van der Waals surface area contributed by atoms with Crippen LogP contribution in [0.2, 0.25) is 0 Å². The number of hydrogen-bond donors (Lipinski definition) is 4. The van der Waals surface area contributed by atoms with E-state index in [-0.39, 0.29) is 17.9 Å². The van der Waals surface area contributed by atoms with Crippen molar-refractivity contribution in [2.45, 2.75) is 38.6 Å². The number of anilines is 4. The number of carbonyl (C=O) groups excluding carboxylic acids is 1. The van der Waals surface area contributed by atoms with Crippen molar-refractivity contribution in [3.8, 4) is 0 Å². The first-order chi connectivity index (χ1) is 13.6. The van der Waals surface area contributed by atoms with E-state index < -0.39 is 0 Å². The van der Waals surface area contributed by atoms with Gasteiger partial charge in [-0.2, -0.15) is 9.97 Å². The van der Waals surface area contributed by atoms with Gasteiger partial charge in [0.2, 0.25) is 11.9 Å². The molecule has 5 rings (SSSR count). The van der Waals surface area contributed by atoms with Gasteiger partial charge >= 0.3 is 0 Å². The third-order valence-corrected chi connectivity index (χ3v) is 6.50. The van der Waals surface area contributed by atoms with Gasteiger partial charge in [0.1, 0.15) is 11.6 Å². The molecule has 2 aromatic rings. The fourth-order valence-corrected chi connectivity index (χ4v) is 5.27. The topological polar surface area (TPSA) is 105 Å². The van der Waals surface area contributed by atoms with Gasteiger partial charge in [0.25, 0.3) is 0 Å². The monoisotopic (exact) mass is 378 g/mol. The minimum atomic E-state index is -0.188. The lowest BCUT2D eigenvalue weighted by molar-refractivity contribution is -0.123. The standard InChI is InChI=1S/C21H26N6O/c1-11-3-2-4-14(9-11)24-21-26-19-15(7-8-23-19)20(27-21)25-17-13-6-5-12(10-13)16(17)18(22)28/h2-4,9,12-13,16-17H,5-8,10H2,1H3,(H2,22,28)(H3,23,24,25,26,27). The second kappa shape index (κ2) is 6.65. The molecule has 0 saturated heterocycles. The second-order valence-electron chi connectivity index (χ2n) is 8.33. The molecular formula is C21H26N6O. The van der Waals surface area contributed by atoms with E-state index in [1.807, 2.05) is 12.1 Å². The number of amides is 1. The van der Waals surface area contributed by atoms with Crippen LogP contribution in [0.25, 0.3) is 0 Å². The highest BCUT2D eigenvalue weighted by Crippen LogP contribution is 2.49. The summed E-state index contributed by atoms with van der Waals surface area (Å²) in [6.07, 6.45) is 4.24. The molecule has 1 aliphatic heterocycles. The Balaban J connectivity index is 1.46. The van der Waals surface area contributed by atoms with Crippen LogP contribution in [-0.4, -0.2) is 28.5 Å². The Morgan fingerprint density at radius 1 is 1.25 bits per heavy atom. The van der Waals surface area contributed by atoms with Crippen molar-refractivity contribution in [2.24, 2.45) is 23.5 Å². The van der Waals surface area contributed by atoms with E-state index >= 15 is 0 Å². The van der Waals surface area contributed by atoms with Crippen molar-refractivity contribution in [2.75, 3.05) is 22.5 Å². The normalized spacial score (nSPS) is 27.3. The van der Waals surface area contributed by atoms with E-state index in [1.165, 1.54) is 5.56 Å². The number of nitrogens with zero attached hydrogens (tertiary/aromatic N) is 2. The average molecular weight is 378 g/mol. The third-order valence-electron chi connectivity index (χ3n) is 6.50. The number of hydrogen-bond acceptors (Lipinski definition) is 6. The van der Waals surface area contributed by atoms with E-state index in [1.54, 1.807) is 0 Å². The predicted octanol–water partition coefficient (Wildman–Crippen LogP) is 2.81. The average Bonchev–Trinajstić information content (AvgIpc) is 3.37.